The highest BCUT2D eigenvalue weighted by Gasteiger charge is 2.39. The number of hydrogen-bond acceptors (Lipinski definition) is 8. The summed E-state index contributed by atoms with van der Waals surface area (Å²) in [6.45, 7) is 1.32. The molecule has 0 bridgehead atoms. The number of sulfonamides is 1. The summed E-state index contributed by atoms with van der Waals surface area (Å²) in [5.41, 5.74) is 4.54. The number of benzene rings is 1. The average Bonchev–Trinajstić information content (AvgIpc) is 3.26. The molecule has 1 fully saturated rings. The van der Waals surface area contributed by atoms with Gasteiger partial charge in [0.2, 0.25) is 10.0 Å². The van der Waals surface area contributed by atoms with Crippen LogP contribution >= 0.6 is 0 Å². The van der Waals surface area contributed by atoms with Gasteiger partial charge in [0.1, 0.15) is 6.04 Å². The Kier molecular flexibility index (Phi) is 8.63. The smallest absolute Gasteiger partial charge is 0.324 e. The maximum atomic E-state index is 12.3. The Labute approximate surface area is 181 Å². The third kappa shape index (κ3) is 6.31. The first-order chi connectivity index (χ1) is 14.7. The van der Waals surface area contributed by atoms with Crippen LogP contribution in [-0.4, -0.2) is 69.7 Å². The lowest BCUT2D eigenvalue weighted by atomic mass is 10.2. The molecule has 2 N–H and O–H groups in total. The van der Waals surface area contributed by atoms with Gasteiger partial charge in [0.25, 0.3) is 11.8 Å². The molecule has 1 aliphatic rings. The summed E-state index contributed by atoms with van der Waals surface area (Å²) in [5.74, 6) is -1.46. The van der Waals surface area contributed by atoms with Crippen LogP contribution in [0.1, 0.15) is 36.5 Å². The number of ether oxygens (including phenoxy) is 3. The molecule has 12 heteroatoms. The van der Waals surface area contributed by atoms with Crippen LogP contribution in [-0.2, 0) is 24.3 Å². The summed E-state index contributed by atoms with van der Waals surface area (Å²) >= 11 is 0. The molecule has 172 valence electrons. The van der Waals surface area contributed by atoms with E-state index in [1.165, 1.54) is 32.4 Å². The Morgan fingerprint density at radius 1 is 1.13 bits per heavy atom. The number of carbonyl (C=O) groups excluding carboxylic acids is 3. The highest BCUT2D eigenvalue weighted by Crippen LogP contribution is 2.27. The van der Waals surface area contributed by atoms with Crippen LogP contribution in [0.5, 0.6) is 11.5 Å². The maximum Gasteiger partial charge on any atom is 0.324 e. The van der Waals surface area contributed by atoms with E-state index in [1.54, 1.807) is 6.92 Å². The molecule has 0 saturated carbocycles. The number of esters is 1. The van der Waals surface area contributed by atoms with E-state index in [0.717, 1.165) is 4.31 Å². The van der Waals surface area contributed by atoms with Gasteiger partial charge in [-0.3, -0.25) is 25.2 Å². The lowest BCUT2D eigenvalue weighted by Gasteiger charge is -2.22. The Bertz CT molecular complexity index is 919. The molecule has 2 amide bonds. The number of hydrogen-bond donors (Lipinski definition) is 2. The third-order valence-corrected chi connectivity index (χ3v) is 6.68. The Hall–Kier alpha value is -2.86. The highest BCUT2D eigenvalue weighted by molar-refractivity contribution is 7.89. The van der Waals surface area contributed by atoms with E-state index in [2.05, 4.69) is 10.9 Å². The van der Waals surface area contributed by atoms with E-state index in [4.69, 9.17) is 14.2 Å². The molecule has 11 nitrogen and oxygen atoms in total. The lowest BCUT2D eigenvalue weighted by molar-refractivity contribution is -0.151. The van der Waals surface area contributed by atoms with Crippen molar-refractivity contribution in [1.82, 2.24) is 15.2 Å². The first-order valence-electron chi connectivity index (χ1n) is 9.70. The van der Waals surface area contributed by atoms with Gasteiger partial charge < -0.3 is 14.2 Å². The standard InChI is InChI=1S/C19H27N3O8S/c1-4-10-31(26,27)22-9-5-6-14(22)19(25)30-12-17(23)20-21-18(24)13-7-8-15(28-2)16(11-13)29-3/h7-8,11,14H,4-6,9-10,12H2,1-3H3,(H,20,23)(H,21,24). The van der Waals surface area contributed by atoms with Crippen molar-refractivity contribution in [3.63, 3.8) is 0 Å². The molecule has 0 spiro atoms. The van der Waals surface area contributed by atoms with E-state index in [-0.39, 0.29) is 17.9 Å². The summed E-state index contributed by atoms with van der Waals surface area (Å²) < 4.78 is 40.8. The van der Waals surface area contributed by atoms with Crippen molar-refractivity contribution >= 4 is 27.8 Å². The summed E-state index contributed by atoms with van der Waals surface area (Å²) in [6, 6.07) is 3.52. The molecule has 1 aliphatic heterocycles. The van der Waals surface area contributed by atoms with Gasteiger partial charge in [-0.25, -0.2) is 8.42 Å². The van der Waals surface area contributed by atoms with Crippen LogP contribution in [0.2, 0.25) is 0 Å². The van der Waals surface area contributed by atoms with Crippen molar-refractivity contribution in [2.24, 2.45) is 0 Å². The Morgan fingerprint density at radius 3 is 2.48 bits per heavy atom. The van der Waals surface area contributed by atoms with Crippen LogP contribution in [0.4, 0.5) is 0 Å². The lowest BCUT2D eigenvalue weighted by Crippen LogP contribution is -2.45. The van der Waals surface area contributed by atoms with Crippen LogP contribution in [0.15, 0.2) is 18.2 Å². The predicted molar refractivity (Wildman–Crippen MR) is 110 cm³/mol. The molecular formula is C19H27N3O8S. The topological polar surface area (TPSA) is 140 Å². The van der Waals surface area contributed by atoms with E-state index in [1.807, 2.05) is 0 Å². The van der Waals surface area contributed by atoms with E-state index in [9.17, 15) is 22.8 Å². The highest BCUT2D eigenvalue weighted by atomic mass is 32.2. The monoisotopic (exact) mass is 457 g/mol. The zero-order valence-electron chi connectivity index (χ0n) is 17.7. The van der Waals surface area contributed by atoms with Crippen molar-refractivity contribution in [2.45, 2.75) is 32.2 Å². The second-order valence-corrected chi connectivity index (χ2v) is 8.81. The number of methoxy groups -OCH3 is 2. The van der Waals surface area contributed by atoms with Crippen LogP contribution in [0.3, 0.4) is 0 Å². The molecule has 1 heterocycles. The van der Waals surface area contributed by atoms with E-state index < -0.39 is 40.5 Å². The SMILES string of the molecule is CCCS(=O)(=O)N1CCCC1C(=O)OCC(=O)NNC(=O)c1ccc(OC)c(OC)c1. The van der Waals surface area contributed by atoms with Crippen molar-refractivity contribution in [3.05, 3.63) is 23.8 Å². The maximum absolute atomic E-state index is 12.3. The molecule has 1 atom stereocenters. The fraction of sp³-hybridized carbons (Fsp3) is 0.526. The van der Waals surface area contributed by atoms with Gasteiger partial charge >= 0.3 is 5.97 Å². The average molecular weight is 458 g/mol. The normalized spacial score (nSPS) is 16.4. The molecule has 0 aliphatic carbocycles. The van der Waals surface area contributed by atoms with Crippen molar-refractivity contribution < 1.29 is 37.0 Å². The second-order valence-electron chi connectivity index (χ2n) is 6.76. The minimum Gasteiger partial charge on any atom is -0.493 e. The first-order valence-corrected chi connectivity index (χ1v) is 11.3. The minimum absolute atomic E-state index is 0.0561. The molecule has 0 radical (unpaired) electrons. The number of nitrogens with one attached hydrogen (secondary N) is 2. The second kappa shape index (κ2) is 11.0. The van der Waals surface area contributed by atoms with E-state index >= 15 is 0 Å². The molecule has 1 saturated heterocycles. The Balaban J connectivity index is 1.85. The largest absolute Gasteiger partial charge is 0.493 e. The zero-order valence-corrected chi connectivity index (χ0v) is 18.5. The van der Waals surface area contributed by atoms with Crippen molar-refractivity contribution in [2.75, 3.05) is 33.1 Å². The number of rotatable bonds is 9. The van der Waals surface area contributed by atoms with Crippen molar-refractivity contribution in [1.29, 1.82) is 0 Å². The number of nitrogens with zero attached hydrogens (tertiary/aromatic N) is 1. The van der Waals surface area contributed by atoms with Gasteiger partial charge in [-0.05, 0) is 37.5 Å². The van der Waals surface area contributed by atoms with E-state index in [0.29, 0.717) is 30.8 Å². The van der Waals surface area contributed by atoms with Crippen LogP contribution in [0, 0.1) is 0 Å². The van der Waals surface area contributed by atoms with Gasteiger partial charge in [0.15, 0.2) is 18.1 Å². The van der Waals surface area contributed by atoms with Gasteiger partial charge in [-0.15, -0.1) is 0 Å². The molecule has 2 rings (SSSR count). The molecule has 1 aromatic carbocycles. The number of carbonyl (C=O) groups is 3. The first kappa shape index (κ1) is 24.4. The third-order valence-electron chi connectivity index (χ3n) is 4.60. The minimum atomic E-state index is -3.55. The summed E-state index contributed by atoms with van der Waals surface area (Å²) in [5, 5.41) is 0. The number of amides is 2. The van der Waals surface area contributed by atoms with Gasteiger partial charge in [0, 0.05) is 12.1 Å². The quantitative estimate of drug-likeness (QED) is 0.396. The van der Waals surface area contributed by atoms with Crippen LogP contribution in [0.25, 0.3) is 0 Å². The Morgan fingerprint density at radius 2 is 1.84 bits per heavy atom. The molecule has 1 unspecified atom stereocenters. The fourth-order valence-electron chi connectivity index (χ4n) is 3.13. The van der Waals surface area contributed by atoms with Gasteiger partial charge in [0.05, 0.1) is 20.0 Å². The molecular weight excluding hydrogens is 430 g/mol. The summed E-state index contributed by atoms with van der Waals surface area (Å²) in [7, 11) is -0.663. The fourth-order valence-corrected chi connectivity index (χ4v) is 4.87. The number of hydrazine groups is 1. The summed E-state index contributed by atoms with van der Waals surface area (Å²) in [6.07, 6.45) is 1.30. The van der Waals surface area contributed by atoms with Crippen LogP contribution < -0.4 is 20.3 Å². The predicted octanol–water partition coefficient (Wildman–Crippen LogP) is 0.212. The summed E-state index contributed by atoms with van der Waals surface area (Å²) in [4.78, 5) is 36.4. The zero-order chi connectivity index (χ0) is 23.0. The van der Waals surface area contributed by atoms with Crippen molar-refractivity contribution in [3.8, 4) is 11.5 Å². The molecule has 1 aromatic rings. The molecule has 0 aromatic heterocycles. The van der Waals surface area contributed by atoms with Gasteiger partial charge in [-0.1, -0.05) is 6.92 Å². The molecule has 31 heavy (non-hydrogen) atoms. The van der Waals surface area contributed by atoms with Gasteiger partial charge in [-0.2, -0.15) is 4.31 Å².